The van der Waals surface area contributed by atoms with Crippen LogP contribution in [0.3, 0.4) is 0 Å². The average Bonchev–Trinajstić information content (AvgIpc) is 2.60. The number of para-hydroxylation sites is 1. The standard InChI is InChI=1S/C19H20FNO3/c1-5-8-13-11-14(12-17(23-3)18(13)24-4)19(22)21(2)16-10-7-6-9-15(16)20/h5-7,9-12H,1,8H2,2-4H3. The summed E-state index contributed by atoms with van der Waals surface area (Å²) in [5, 5.41) is 0. The largest absolute Gasteiger partial charge is 0.493 e. The van der Waals surface area contributed by atoms with Gasteiger partial charge in [0.15, 0.2) is 11.5 Å². The maximum atomic E-state index is 13.9. The molecule has 2 aromatic carbocycles. The third-order valence-electron chi connectivity index (χ3n) is 3.69. The molecule has 0 radical (unpaired) electrons. The Kier molecular flexibility index (Phi) is 5.58. The third kappa shape index (κ3) is 3.40. The van der Waals surface area contributed by atoms with Crippen LogP contribution in [0.4, 0.5) is 10.1 Å². The molecular formula is C19H20FNO3. The number of ether oxygens (including phenoxy) is 2. The summed E-state index contributed by atoms with van der Waals surface area (Å²) in [5.41, 5.74) is 1.37. The number of halogens is 1. The number of carbonyl (C=O) groups is 1. The number of methoxy groups -OCH3 is 2. The van der Waals surface area contributed by atoms with Crippen LogP contribution in [0.25, 0.3) is 0 Å². The van der Waals surface area contributed by atoms with Crippen LogP contribution in [0, 0.1) is 5.82 Å². The molecule has 1 amide bonds. The Bertz CT molecular complexity index is 758. The van der Waals surface area contributed by atoms with E-state index in [0.717, 1.165) is 5.56 Å². The second kappa shape index (κ2) is 7.64. The highest BCUT2D eigenvalue weighted by molar-refractivity contribution is 6.06. The zero-order valence-electron chi connectivity index (χ0n) is 14.0. The summed E-state index contributed by atoms with van der Waals surface area (Å²) in [5.74, 6) is 0.205. The Morgan fingerprint density at radius 1 is 1.25 bits per heavy atom. The van der Waals surface area contributed by atoms with Crippen LogP contribution < -0.4 is 14.4 Å². The predicted molar refractivity (Wildman–Crippen MR) is 92.6 cm³/mol. The van der Waals surface area contributed by atoms with Crippen LogP contribution in [0.1, 0.15) is 15.9 Å². The van der Waals surface area contributed by atoms with E-state index in [4.69, 9.17) is 9.47 Å². The Balaban J connectivity index is 2.47. The summed E-state index contributed by atoms with van der Waals surface area (Å²) in [6.45, 7) is 3.71. The molecule has 4 nitrogen and oxygen atoms in total. The SMILES string of the molecule is C=CCc1cc(C(=O)N(C)c2ccccc2F)cc(OC)c1OC. The van der Waals surface area contributed by atoms with Crippen LogP contribution in [0.2, 0.25) is 0 Å². The molecule has 0 N–H and O–H groups in total. The van der Waals surface area contributed by atoms with Crippen molar-refractivity contribution >= 4 is 11.6 Å². The van der Waals surface area contributed by atoms with Crippen LogP contribution >= 0.6 is 0 Å². The maximum absolute atomic E-state index is 13.9. The minimum absolute atomic E-state index is 0.211. The van der Waals surface area contributed by atoms with Gasteiger partial charge in [-0.15, -0.1) is 6.58 Å². The molecule has 5 heteroatoms. The van der Waals surface area contributed by atoms with Gasteiger partial charge in [-0.05, 0) is 30.7 Å². The molecule has 0 saturated carbocycles. The molecule has 0 aliphatic rings. The summed E-state index contributed by atoms with van der Waals surface area (Å²) in [4.78, 5) is 14.0. The Morgan fingerprint density at radius 3 is 2.54 bits per heavy atom. The van der Waals surface area contributed by atoms with Gasteiger partial charge in [0.25, 0.3) is 5.91 Å². The fourth-order valence-corrected chi connectivity index (χ4v) is 2.50. The highest BCUT2D eigenvalue weighted by atomic mass is 19.1. The predicted octanol–water partition coefficient (Wildman–Crippen LogP) is 3.85. The molecule has 2 aromatic rings. The van der Waals surface area contributed by atoms with Crippen molar-refractivity contribution in [3.05, 3.63) is 66.0 Å². The van der Waals surface area contributed by atoms with E-state index >= 15 is 0 Å². The zero-order valence-corrected chi connectivity index (χ0v) is 14.0. The second-order valence-electron chi connectivity index (χ2n) is 5.18. The lowest BCUT2D eigenvalue weighted by molar-refractivity contribution is 0.0991. The summed E-state index contributed by atoms with van der Waals surface area (Å²) in [6, 6.07) is 9.43. The first-order valence-corrected chi connectivity index (χ1v) is 7.41. The average molecular weight is 329 g/mol. The lowest BCUT2D eigenvalue weighted by Crippen LogP contribution is -2.27. The van der Waals surface area contributed by atoms with Crippen LogP contribution in [0.15, 0.2) is 49.1 Å². The van der Waals surface area contributed by atoms with Gasteiger partial charge >= 0.3 is 0 Å². The van der Waals surface area contributed by atoms with Gasteiger partial charge in [-0.2, -0.15) is 0 Å². The van der Waals surface area contributed by atoms with Crippen molar-refractivity contribution in [2.24, 2.45) is 0 Å². The van der Waals surface area contributed by atoms with Crippen molar-refractivity contribution < 1.29 is 18.7 Å². The highest BCUT2D eigenvalue weighted by Gasteiger charge is 2.20. The molecule has 24 heavy (non-hydrogen) atoms. The molecule has 0 atom stereocenters. The molecule has 2 rings (SSSR count). The Hall–Kier alpha value is -2.82. The molecule has 126 valence electrons. The van der Waals surface area contributed by atoms with Crippen LogP contribution in [-0.2, 0) is 6.42 Å². The van der Waals surface area contributed by atoms with Crippen molar-refractivity contribution in [3.8, 4) is 11.5 Å². The molecular weight excluding hydrogens is 309 g/mol. The van der Waals surface area contributed by atoms with Gasteiger partial charge in [0.1, 0.15) is 5.82 Å². The van der Waals surface area contributed by atoms with Crippen LogP contribution in [0.5, 0.6) is 11.5 Å². The molecule has 0 heterocycles. The van der Waals surface area contributed by atoms with Crippen molar-refractivity contribution in [3.63, 3.8) is 0 Å². The first kappa shape index (κ1) is 17.5. The molecule has 0 saturated heterocycles. The monoisotopic (exact) mass is 329 g/mol. The first-order chi connectivity index (χ1) is 11.5. The number of hydrogen-bond donors (Lipinski definition) is 0. The van der Waals surface area contributed by atoms with Gasteiger partial charge in [0.05, 0.1) is 19.9 Å². The number of carbonyl (C=O) groups excluding carboxylic acids is 1. The summed E-state index contributed by atoms with van der Waals surface area (Å²) in [7, 11) is 4.58. The van der Waals surface area contributed by atoms with Crippen molar-refractivity contribution in [2.75, 3.05) is 26.2 Å². The minimum Gasteiger partial charge on any atom is -0.493 e. The molecule has 0 aliphatic heterocycles. The van der Waals surface area contributed by atoms with E-state index in [-0.39, 0.29) is 11.6 Å². The second-order valence-corrected chi connectivity index (χ2v) is 5.18. The number of rotatable bonds is 6. The number of benzene rings is 2. The van der Waals surface area contributed by atoms with E-state index in [1.165, 1.54) is 32.2 Å². The fraction of sp³-hybridized carbons (Fsp3) is 0.211. The zero-order chi connectivity index (χ0) is 17.7. The summed E-state index contributed by atoms with van der Waals surface area (Å²) >= 11 is 0. The Morgan fingerprint density at radius 2 is 1.96 bits per heavy atom. The number of allylic oxidation sites excluding steroid dienone is 1. The van der Waals surface area contributed by atoms with Gasteiger partial charge in [0.2, 0.25) is 0 Å². The summed E-state index contributed by atoms with van der Waals surface area (Å²) in [6.07, 6.45) is 2.23. The van der Waals surface area contributed by atoms with E-state index in [0.29, 0.717) is 23.5 Å². The van der Waals surface area contributed by atoms with E-state index in [9.17, 15) is 9.18 Å². The van der Waals surface area contributed by atoms with Gasteiger partial charge in [-0.1, -0.05) is 18.2 Å². The van der Waals surface area contributed by atoms with E-state index in [1.807, 2.05) is 0 Å². The molecule has 0 aliphatic carbocycles. The van der Waals surface area contributed by atoms with Crippen molar-refractivity contribution in [1.82, 2.24) is 0 Å². The van der Waals surface area contributed by atoms with Crippen LogP contribution in [-0.4, -0.2) is 27.2 Å². The first-order valence-electron chi connectivity index (χ1n) is 7.41. The number of anilines is 1. The topological polar surface area (TPSA) is 38.8 Å². The van der Waals surface area contributed by atoms with Gasteiger partial charge in [-0.3, -0.25) is 4.79 Å². The quantitative estimate of drug-likeness (QED) is 0.756. The highest BCUT2D eigenvalue weighted by Crippen LogP contribution is 2.34. The minimum atomic E-state index is -0.458. The van der Waals surface area contributed by atoms with E-state index < -0.39 is 5.82 Å². The lowest BCUT2D eigenvalue weighted by Gasteiger charge is -2.20. The van der Waals surface area contributed by atoms with Gasteiger partial charge in [-0.25, -0.2) is 4.39 Å². The number of nitrogens with zero attached hydrogens (tertiary/aromatic N) is 1. The maximum Gasteiger partial charge on any atom is 0.258 e. The van der Waals surface area contributed by atoms with Gasteiger partial charge < -0.3 is 14.4 Å². The van der Waals surface area contributed by atoms with Gasteiger partial charge in [0, 0.05) is 18.2 Å². The van der Waals surface area contributed by atoms with E-state index in [1.54, 1.807) is 36.4 Å². The number of hydrogen-bond acceptors (Lipinski definition) is 3. The molecule has 0 fully saturated rings. The van der Waals surface area contributed by atoms with Crippen molar-refractivity contribution in [1.29, 1.82) is 0 Å². The Labute approximate surface area is 141 Å². The lowest BCUT2D eigenvalue weighted by atomic mass is 10.0. The molecule has 0 aromatic heterocycles. The number of amides is 1. The van der Waals surface area contributed by atoms with Crippen molar-refractivity contribution in [2.45, 2.75) is 6.42 Å². The third-order valence-corrected chi connectivity index (χ3v) is 3.69. The molecule has 0 spiro atoms. The normalized spacial score (nSPS) is 10.2. The van der Waals surface area contributed by atoms with E-state index in [2.05, 4.69) is 6.58 Å². The molecule has 0 bridgehead atoms. The molecule has 0 unspecified atom stereocenters. The smallest absolute Gasteiger partial charge is 0.258 e. The summed E-state index contributed by atoms with van der Waals surface area (Å²) < 4.78 is 24.6. The fourth-order valence-electron chi connectivity index (χ4n) is 2.50.